The van der Waals surface area contributed by atoms with Crippen LogP contribution in [0, 0.1) is 17.8 Å². The van der Waals surface area contributed by atoms with Gasteiger partial charge in [0.2, 0.25) is 0 Å². The van der Waals surface area contributed by atoms with Gasteiger partial charge in [-0.1, -0.05) is 141 Å². The number of rotatable bonds is 27. The Morgan fingerprint density at radius 1 is 0.625 bits per heavy atom. The molecule has 0 aromatic rings. The standard InChI is InChI=1S/C38H68O2/c1-7-8-9-10-11-12-13-14-15-16-17-18-19-20-21-31-38(39)40-33-32-37(6)30-24-29-36(5)28-23-27-35(4)26-22-25-34(2)3/h8-9,11-12,14-15,32,34-36H,7,10,13,16-31,33H2,1-6H3/b9-8+,12-11+,15-14+,37-32+. The van der Waals surface area contributed by atoms with Crippen molar-refractivity contribution in [1.82, 2.24) is 0 Å². The second-order valence-electron chi connectivity index (χ2n) is 12.7. The van der Waals surface area contributed by atoms with Crippen molar-refractivity contribution in [2.45, 2.75) is 164 Å². The van der Waals surface area contributed by atoms with Crippen molar-refractivity contribution in [3.05, 3.63) is 48.1 Å². The maximum Gasteiger partial charge on any atom is 0.306 e. The molecule has 0 aliphatic carbocycles. The molecule has 0 fully saturated rings. The van der Waals surface area contributed by atoms with Crippen LogP contribution in [0.5, 0.6) is 0 Å². The van der Waals surface area contributed by atoms with Crippen LogP contribution in [0.1, 0.15) is 164 Å². The van der Waals surface area contributed by atoms with Gasteiger partial charge in [0, 0.05) is 6.42 Å². The van der Waals surface area contributed by atoms with Gasteiger partial charge in [-0.2, -0.15) is 0 Å². The number of unbranched alkanes of at least 4 members (excludes halogenated alkanes) is 5. The van der Waals surface area contributed by atoms with Gasteiger partial charge in [0.15, 0.2) is 0 Å². The highest BCUT2D eigenvalue weighted by atomic mass is 16.5. The van der Waals surface area contributed by atoms with Crippen molar-refractivity contribution in [2.75, 3.05) is 6.61 Å². The summed E-state index contributed by atoms with van der Waals surface area (Å²) in [4.78, 5) is 12.0. The molecule has 0 aliphatic rings. The molecule has 0 spiro atoms. The average molecular weight is 557 g/mol. The van der Waals surface area contributed by atoms with Crippen LogP contribution in [0.3, 0.4) is 0 Å². The van der Waals surface area contributed by atoms with E-state index in [0.29, 0.717) is 13.0 Å². The molecule has 0 aromatic carbocycles. The molecule has 0 heterocycles. The molecule has 40 heavy (non-hydrogen) atoms. The van der Waals surface area contributed by atoms with Gasteiger partial charge in [-0.15, -0.1) is 0 Å². The summed E-state index contributed by atoms with van der Waals surface area (Å²) < 4.78 is 5.44. The van der Waals surface area contributed by atoms with Gasteiger partial charge in [-0.05, 0) is 82.1 Å². The maximum absolute atomic E-state index is 12.0. The monoisotopic (exact) mass is 557 g/mol. The highest BCUT2D eigenvalue weighted by Gasteiger charge is 2.07. The normalized spacial score (nSPS) is 14.2. The second kappa shape index (κ2) is 28.9. The first-order valence-corrected chi connectivity index (χ1v) is 17.1. The fourth-order valence-electron chi connectivity index (χ4n) is 5.05. The summed E-state index contributed by atoms with van der Waals surface area (Å²) in [6.07, 6.45) is 38.2. The largest absolute Gasteiger partial charge is 0.461 e. The number of esters is 1. The Hall–Kier alpha value is -1.57. The summed E-state index contributed by atoms with van der Waals surface area (Å²) in [5, 5.41) is 0. The van der Waals surface area contributed by atoms with Crippen LogP contribution in [-0.4, -0.2) is 12.6 Å². The first-order chi connectivity index (χ1) is 19.3. The van der Waals surface area contributed by atoms with Crippen LogP contribution < -0.4 is 0 Å². The zero-order valence-corrected chi connectivity index (χ0v) is 27.7. The summed E-state index contributed by atoms with van der Waals surface area (Å²) in [7, 11) is 0. The van der Waals surface area contributed by atoms with E-state index in [1.807, 2.05) is 0 Å². The number of hydrogen-bond donors (Lipinski definition) is 0. The Morgan fingerprint density at radius 3 is 1.82 bits per heavy atom. The minimum Gasteiger partial charge on any atom is -0.461 e. The lowest BCUT2D eigenvalue weighted by Crippen LogP contribution is -2.04. The predicted octanol–water partition coefficient (Wildman–Crippen LogP) is 12.5. The Bertz CT molecular complexity index is 682. The summed E-state index contributed by atoms with van der Waals surface area (Å²) in [5.74, 6) is 2.50. The highest BCUT2D eigenvalue weighted by molar-refractivity contribution is 5.69. The van der Waals surface area contributed by atoms with Crippen molar-refractivity contribution >= 4 is 5.97 Å². The van der Waals surface area contributed by atoms with Gasteiger partial charge in [-0.3, -0.25) is 4.79 Å². The summed E-state index contributed by atoms with van der Waals surface area (Å²) in [5.41, 5.74) is 1.35. The van der Waals surface area contributed by atoms with Gasteiger partial charge in [-0.25, -0.2) is 0 Å². The Kier molecular flexibility index (Phi) is 27.8. The molecule has 2 atom stereocenters. The first-order valence-electron chi connectivity index (χ1n) is 17.1. The fourth-order valence-corrected chi connectivity index (χ4v) is 5.05. The van der Waals surface area contributed by atoms with E-state index < -0.39 is 0 Å². The van der Waals surface area contributed by atoms with E-state index >= 15 is 0 Å². The lowest BCUT2D eigenvalue weighted by Gasteiger charge is -2.15. The van der Waals surface area contributed by atoms with Gasteiger partial charge in [0.1, 0.15) is 6.61 Å². The molecule has 0 aliphatic heterocycles. The minimum absolute atomic E-state index is 0.0442. The molecule has 0 bridgehead atoms. The second-order valence-corrected chi connectivity index (χ2v) is 12.7. The molecule has 2 heteroatoms. The van der Waals surface area contributed by atoms with Gasteiger partial charge < -0.3 is 4.74 Å². The number of hydrogen-bond acceptors (Lipinski definition) is 2. The molecule has 0 saturated carbocycles. The summed E-state index contributed by atoms with van der Waals surface area (Å²) >= 11 is 0. The van der Waals surface area contributed by atoms with Crippen molar-refractivity contribution in [1.29, 1.82) is 0 Å². The molecule has 0 saturated heterocycles. The van der Waals surface area contributed by atoms with E-state index in [0.717, 1.165) is 62.7 Å². The van der Waals surface area contributed by atoms with Crippen molar-refractivity contribution in [3.8, 4) is 0 Å². The SMILES string of the molecule is CC/C=C/C/C=C/C/C=C/CCCCCCCC(=O)OC/C=C(\C)CCCC(C)CCCC(C)CCCC(C)C. The highest BCUT2D eigenvalue weighted by Crippen LogP contribution is 2.22. The maximum atomic E-state index is 12.0. The van der Waals surface area contributed by atoms with Crippen molar-refractivity contribution < 1.29 is 9.53 Å². The summed E-state index contributed by atoms with van der Waals surface area (Å²) in [6.45, 7) is 14.3. The van der Waals surface area contributed by atoms with Crippen LogP contribution in [-0.2, 0) is 9.53 Å². The molecule has 0 amide bonds. The van der Waals surface area contributed by atoms with E-state index in [-0.39, 0.29) is 5.97 Å². The van der Waals surface area contributed by atoms with Gasteiger partial charge >= 0.3 is 5.97 Å². The smallest absolute Gasteiger partial charge is 0.306 e. The average Bonchev–Trinajstić information content (AvgIpc) is 2.90. The van der Waals surface area contributed by atoms with E-state index in [1.54, 1.807) is 0 Å². The number of allylic oxidation sites excluding steroid dienone is 7. The molecule has 2 nitrogen and oxygen atoms in total. The lowest BCUT2D eigenvalue weighted by atomic mass is 9.91. The van der Waals surface area contributed by atoms with E-state index in [9.17, 15) is 4.79 Å². The van der Waals surface area contributed by atoms with Crippen molar-refractivity contribution in [2.24, 2.45) is 17.8 Å². The molecule has 0 aromatic heterocycles. The quantitative estimate of drug-likeness (QED) is 0.0571. The molecule has 232 valence electrons. The van der Waals surface area contributed by atoms with E-state index in [4.69, 9.17) is 4.74 Å². The zero-order valence-electron chi connectivity index (χ0n) is 27.7. The van der Waals surface area contributed by atoms with E-state index in [1.165, 1.54) is 76.2 Å². The molecule has 2 unspecified atom stereocenters. The van der Waals surface area contributed by atoms with Crippen LogP contribution >= 0.6 is 0 Å². The molecular weight excluding hydrogens is 488 g/mol. The molecular formula is C38H68O2. The fraction of sp³-hybridized carbons (Fsp3) is 0.763. The number of carbonyl (C=O) groups is 1. The van der Waals surface area contributed by atoms with Crippen molar-refractivity contribution in [3.63, 3.8) is 0 Å². The third-order valence-electron chi connectivity index (χ3n) is 7.85. The Labute approximate surface area is 251 Å². The van der Waals surface area contributed by atoms with Crippen LogP contribution in [0.25, 0.3) is 0 Å². The third kappa shape index (κ3) is 29.4. The number of ether oxygens (including phenoxy) is 1. The van der Waals surface area contributed by atoms with E-state index in [2.05, 4.69) is 84.1 Å². The molecule has 0 radical (unpaired) electrons. The predicted molar refractivity (Wildman–Crippen MR) is 179 cm³/mol. The lowest BCUT2D eigenvalue weighted by molar-refractivity contribution is -0.142. The molecule has 0 N–H and O–H groups in total. The van der Waals surface area contributed by atoms with Crippen LogP contribution in [0.2, 0.25) is 0 Å². The van der Waals surface area contributed by atoms with Crippen LogP contribution in [0.15, 0.2) is 48.1 Å². The minimum atomic E-state index is -0.0442. The third-order valence-corrected chi connectivity index (χ3v) is 7.85. The Balaban J connectivity index is 3.63. The topological polar surface area (TPSA) is 26.3 Å². The Morgan fingerprint density at radius 2 is 1.18 bits per heavy atom. The molecule has 0 rings (SSSR count). The van der Waals surface area contributed by atoms with Gasteiger partial charge in [0.05, 0.1) is 0 Å². The number of carbonyl (C=O) groups excluding carboxylic acids is 1. The first kappa shape index (κ1) is 38.4. The van der Waals surface area contributed by atoms with Gasteiger partial charge in [0.25, 0.3) is 0 Å². The summed E-state index contributed by atoms with van der Waals surface area (Å²) in [6, 6.07) is 0. The van der Waals surface area contributed by atoms with Crippen LogP contribution in [0.4, 0.5) is 0 Å². The zero-order chi connectivity index (χ0) is 29.7.